The van der Waals surface area contributed by atoms with Crippen LogP contribution in [0.4, 0.5) is 5.69 Å². The topological polar surface area (TPSA) is 59.8 Å². The van der Waals surface area contributed by atoms with E-state index in [9.17, 15) is 4.79 Å². The number of aromatic nitrogens is 3. The molecule has 0 unspecified atom stereocenters. The molecule has 0 bridgehead atoms. The van der Waals surface area contributed by atoms with Crippen LogP contribution in [0.15, 0.2) is 21.8 Å². The molecule has 2 rings (SSSR count). The van der Waals surface area contributed by atoms with Crippen LogP contribution in [0.1, 0.15) is 62.9 Å². The van der Waals surface area contributed by atoms with E-state index in [0.717, 1.165) is 51.7 Å². The molecule has 0 radical (unpaired) electrons. The lowest BCUT2D eigenvalue weighted by atomic mass is 10.1. The number of unbranched alkanes of at least 4 members (excludes halogenated alkanes) is 4. The van der Waals surface area contributed by atoms with Crippen molar-refractivity contribution in [3.63, 3.8) is 0 Å². The summed E-state index contributed by atoms with van der Waals surface area (Å²) in [7, 11) is 0. The van der Waals surface area contributed by atoms with Crippen molar-refractivity contribution in [2.45, 2.75) is 77.9 Å². The van der Waals surface area contributed by atoms with Gasteiger partial charge in [-0.25, -0.2) is 0 Å². The van der Waals surface area contributed by atoms with E-state index >= 15 is 0 Å². The lowest BCUT2D eigenvalue weighted by Crippen LogP contribution is -2.16. The maximum atomic E-state index is 12.5. The van der Waals surface area contributed by atoms with Crippen LogP contribution in [-0.4, -0.2) is 26.4 Å². The number of thioether (sulfide) groups is 1. The standard InChI is InChI=1S/C21H31BrN4OS/c1-5-7-8-9-10-11-18-24-25-21(26(18)6-2)28-14-19(27)23-20-15(3)12-17(22)13-16(20)4/h12-13H,5-11,14H2,1-4H3,(H,23,27). The zero-order valence-corrected chi connectivity index (χ0v) is 19.8. The zero-order valence-electron chi connectivity index (χ0n) is 17.3. The molecule has 7 heteroatoms. The molecule has 28 heavy (non-hydrogen) atoms. The van der Waals surface area contributed by atoms with Crippen LogP contribution < -0.4 is 5.32 Å². The van der Waals surface area contributed by atoms with Crippen LogP contribution >= 0.6 is 27.7 Å². The molecule has 0 aliphatic heterocycles. The van der Waals surface area contributed by atoms with Gasteiger partial charge in [0.1, 0.15) is 5.82 Å². The maximum Gasteiger partial charge on any atom is 0.234 e. The molecule has 0 fully saturated rings. The Balaban J connectivity index is 1.91. The van der Waals surface area contributed by atoms with E-state index < -0.39 is 0 Å². The average molecular weight is 467 g/mol. The van der Waals surface area contributed by atoms with E-state index in [1.807, 2.05) is 26.0 Å². The minimum absolute atomic E-state index is 0.0229. The van der Waals surface area contributed by atoms with E-state index in [0.29, 0.717) is 5.75 Å². The highest BCUT2D eigenvalue weighted by molar-refractivity contribution is 9.10. The van der Waals surface area contributed by atoms with Crippen LogP contribution in [0.3, 0.4) is 0 Å². The quantitative estimate of drug-likeness (QED) is 0.329. The molecule has 0 aliphatic carbocycles. The SMILES string of the molecule is CCCCCCCc1nnc(SCC(=O)Nc2c(C)cc(Br)cc2C)n1CC. The second-order valence-corrected chi connectivity index (χ2v) is 8.92. The number of rotatable bonds is 11. The number of carbonyl (C=O) groups is 1. The molecule has 5 nitrogen and oxygen atoms in total. The Morgan fingerprint density at radius 3 is 2.43 bits per heavy atom. The van der Waals surface area contributed by atoms with Crippen LogP contribution in [0.2, 0.25) is 0 Å². The molecule has 0 saturated heterocycles. The van der Waals surface area contributed by atoms with Gasteiger partial charge in [0.25, 0.3) is 0 Å². The number of anilines is 1. The summed E-state index contributed by atoms with van der Waals surface area (Å²) in [6, 6.07) is 4.02. The van der Waals surface area contributed by atoms with E-state index in [1.165, 1.54) is 37.4 Å². The summed E-state index contributed by atoms with van der Waals surface area (Å²) in [5.74, 6) is 1.33. The summed E-state index contributed by atoms with van der Waals surface area (Å²) in [4.78, 5) is 12.5. The van der Waals surface area contributed by atoms with Gasteiger partial charge in [-0.1, -0.05) is 60.3 Å². The summed E-state index contributed by atoms with van der Waals surface area (Å²) >= 11 is 4.94. The molecule has 1 amide bonds. The maximum absolute atomic E-state index is 12.5. The molecule has 1 heterocycles. The Morgan fingerprint density at radius 2 is 1.79 bits per heavy atom. The normalized spacial score (nSPS) is 11.0. The average Bonchev–Trinajstić information content (AvgIpc) is 3.04. The predicted octanol–water partition coefficient (Wildman–Crippen LogP) is 5.92. The van der Waals surface area contributed by atoms with E-state index in [1.54, 1.807) is 0 Å². The number of hydrogen-bond acceptors (Lipinski definition) is 4. The van der Waals surface area contributed by atoms with Crippen LogP contribution in [0, 0.1) is 13.8 Å². The zero-order chi connectivity index (χ0) is 20.5. The van der Waals surface area contributed by atoms with Gasteiger partial charge in [0.05, 0.1) is 5.75 Å². The second-order valence-electron chi connectivity index (χ2n) is 7.06. The van der Waals surface area contributed by atoms with Crippen molar-refractivity contribution in [3.8, 4) is 0 Å². The van der Waals surface area contributed by atoms with Gasteiger partial charge < -0.3 is 9.88 Å². The lowest BCUT2D eigenvalue weighted by Gasteiger charge is -2.12. The van der Waals surface area contributed by atoms with Crippen molar-refractivity contribution in [2.24, 2.45) is 0 Å². The van der Waals surface area contributed by atoms with Crippen molar-refractivity contribution in [2.75, 3.05) is 11.1 Å². The molecular formula is C21H31BrN4OS. The van der Waals surface area contributed by atoms with Crippen molar-refractivity contribution in [1.82, 2.24) is 14.8 Å². The molecular weight excluding hydrogens is 436 g/mol. The smallest absolute Gasteiger partial charge is 0.234 e. The Kier molecular flexibility index (Phi) is 9.51. The largest absolute Gasteiger partial charge is 0.325 e. The van der Waals surface area contributed by atoms with Crippen LogP contribution in [0.5, 0.6) is 0 Å². The van der Waals surface area contributed by atoms with Crippen molar-refractivity contribution in [3.05, 3.63) is 33.6 Å². The number of benzene rings is 1. The fraction of sp³-hybridized carbons (Fsp3) is 0.571. The first-order valence-electron chi connectivity index (χ1n) is 10.1. The summed E-state index contributed by atoms with van der Waals surface area (Å²) in [5.41, 5.74) is 2.98. The van der Waals surface area contributed by atoms with E-state index in [-0.39, 0.29) is 5.91 Å². The molecule has 0 atom stereocenters. The monoisotopic (exact) mass is 466 g/mol. The van der Waals surface area contributed by atoms with Gasteiger partial charge in [0, 0.05) is 23.1 Å². The van der Waals surface area contributed by atoms with Gasteiger partial charge in [0.15, 0.2) is 5.16 Å². The summed E-state index contributed by atoms with van der Waals surface area (Å²) < 4.78 is 3.15. The summed E-state index contributed by atoms with van der Waals surface area (Å²) in [5, 5.41) is 12.5. The Bertz CT molecular complexity index is 768. The van der Waals surface area contributed by atoms with Crippen molar-refractivity contribution >= 4 is 39.3 Å². The van der Waals surface area contributed by atoms with Crippen molar-refractivity contribution in [1.29, 1.82) is 0 Å². The third-order valence-corrected chi connectivity index (χ3v) is 6.13. The molecule has 0 aliphatic rings. The summed E-state index contributed by atoms with van der Waals surface area (Å²) in [6.07, 6.45) is 7.18. The van der Waals surface area contributed by atoms with Crippen LogP contribution in [-0.2, 0) is 17.8 Å². The first kappa shape index (κ1) is 22.9. The van der Waals surface area contributed by atoms with Gasteiger partial charge in [-0.3, -0.25) is 4.79 Å². The number of nitrogens with zero attached hydrogens (tertiary/aromatic N) is 3. The van der Waals surface area contributed by atoms with Crippen molar-refractivity contribution < 1.29 is 4.79 Å². The Hall–Kier alpha value is -1.34. The molecule has 2 aromatic rings. The highest BCUT2D eigenvalue weighted by Gasteiger charge is 2.14. The number of hydrogen-bond donors (Lipinski definition) is 1. The van der Waals surface area contributed by atoms with Crippen LogP contribution in [0.25, 0.3) is 0 Å². The molecule has 0 spiro atoms. The van der Waals surface area contributed by atoms with Gasteiger partial charge in [-0.15, -0.1) is 10.2 Å². The number of aryl methyl sites for hydroxylation is 3. The number of amides is 1. The molecule has 1 aromatic heterocycles. The molecule has 1 aromatic carbocycles. The first-order chi connectivity index (χ1) is 13.5. The Labute approximate surface area is 181 Å². The predicted molar refractivity (Wildman–Crippen MR) is 121 cm³/mol. The fourth-order valence-electron chi connectivity index (χ4n) is 3.23. The highest BCUT2D eigenvalue weighted by Crippen LogP contribution is 2.26. The number of halogens is 1. The lowest BCUT2D eigenvalue weighted by molar-refractivity contribution is -0.113. The Morgan fingerprint density at radius 1 is 1.11 bits per heavy atom. The van der Waals surface area contributed by atoms with E-state index in [4.69, 9.17) is 0 Å². The third-order valence-electron chi connectivity index (χ3n) is 4.71. The molecule has 154 valence electrons. The number of nitrogens with one attached hydrogen (secondary N) is 1. The van der Waals surface area contributed by atoms with Gasteiger partial charge in [-0.05, 0) is 50.5 Å². The minimum atomic E-state index is -0.0229. The van der Waals surface area contributed by atoms with E-state index in [2.05, 4.69) is 49.9 Å². The van der Waals surface area contributed by atoms with Gasteiger partial charge in [-0.2, -0.15) is 0 Å². The fourth-order valence-corrected chi connectivity index (χ4v) is 4.74. The summed E-state index contributed by atoms with van der Waals surface area (Å²) in [6.45, 7) is 9.16. The third kappa shape index (κ3) is 6.62. The highest BCUT2D eigenvalue weighted by atomic mass is 79.9. The second kappa shape index (κ2) is 11.6. The van der Waals surface area contributed by atoms with Gasteiger partial charge in [0.2, 0.25) is 5.91 Å². The molecule has 1 N–H and O–H groups in total. The minimum Gasteiger partial charge on any atom is -0.325 e. The molecule has 0 saturated carbocycles. The first-order valence-corrected chi connectivity index (χ1v) is 11.9. The number of carbonyl (C=O) groups excluding carboxylic acids is 1. The van der Waals surface area contributed by atoms with Gasteiger partial charge >= 0.3 is 0 Å².